The largest absolute Gasteiger partial charge is 0.374 e. The molecular weight excluding hydrogens is 218 g/mol. The molecule has 6 heteroatoms. The van der Waals surface area contributed by atoms with E-state index >= 15 is 0 Å². The lowest BCUT2D eigenvalue weighted by atomic mass is 9.90. The zero-order chi connectivity index (χ0) is 12.3. The maximum absolute atomic E-state index is 5.89. The number of nitrogens with one attached hydrogen (secondary N) is 1. The number of aryl methyl sites for hydroxylation is 1. The van der Waals surface area contributed by atoms with Crippen LogP contribution in [0.25, 0.3) is 0 Å². The number of aromatic nitrogens is 4. The van der Waals surface area contributed by atoms with Crippen LogP contribution in [0.1, 0.15) is 32.5 Å². The number of rotatable bonds is 5. The molecule has 0 saturated carbocycles. The van der Waals surface area contributed by atoms with Crippen LogP contribution in [0.15, 0.2) is 0 Å². The summed E-state index contributed by atoms with van der Waals surface area (Å²) in [5.41, 5.74) is -0.102. The third kappa shape index (κ3) is 2.81. The number of tetrazole rings is 1. The molecule has 2 rings (SSSR count). The molecule has 17 heavy (non-hydrogen) atoms. The molecule has 0 radical (unpaired) electrons. The summed E-state index contributed by atoms with van der Waals surface area (Å²) in [5, 5.41) is 15.6. The van der Waals surface area contributed by atoms with E-state index in [0.29, 0.717) is 0 Å². The third-order valence-electron chi connectivity index (χ3n) is 3.37. The standard InChI is InChI=1S/C11H21N5O/c1-4-12-9(11(2)6-5-7-17-11)8-10-13-15-16(3)14-10/h9,12H,4-8H2,1-3H3. The maximum Gasteiger partial charge on any atom is 0.176 e. The van der Waals surface area contributed by atoms with E-state index in [1.807, 2.05) is 0 Å². The molecule has 1 aliphatic heterocycles. The molecule has 2 atom stereocenters. The predicted molar refractivity (Wildman–Crippen MR) is 63.6 cm³/mol. The molecule has 1 fully saturated rings. The molecule has 96 valence electrons. The van der Waals surface area contributed by atoms with Crippen molar-refractivity contribution in [2.24, 2.45) is 7.05 Å². The molecule has 1 aromatic heterocycles. The lowest BCUT2D eigenvalue weighted by Crippen LogP contribution is -2.50. The van der Waals surface area contributed by atoms with Crippen molar-refractivity contribution in [3.05, 3.63) is 5.82 Å². The quantitative estimate of drug-likeness (QED) is 0.800. The Morgan fingerprint density at radius 3 is 2.94 bits per heavy atom. The van der Waals surface area contributed by atoms with Crippen molar-refractivity contribution in [3.8, 4) is 0 Å². The summed E-state index contributed by atoms with van der Waals surface area (Å²) in [6.45, 7) is 6.05. The van der Waals surface area contributed by atoms with Crippen molar-refractivity contribution in [1.82, 2.24) is 25.5 Å². The zero-order valence-electron chi connectivity index (χ0n) is 10.8. The Kier molecular flexibility index (Phi) is 3.73. The van der Waals surface area contributed by atoms with E-state index < -0.39 is 0 Å². The van der Waals surface area contributed by atoms with E-state index in [0.717, 1.165) is 38.2 Å². The summed E-state index contributed by atoms with van der Waals surface area (Å²) in [7, 11) is 1.78. The number of nitrogens with zero attached hydrogens (tertiary/aromatic N) is 4. The van der Waals surface area contributed by atoms with E-state index in [4.69, 9.17) is 4.74 Å². The van der Waals surface area contributed by atoms with E-state index in [-0.39, 0.29) is 11.6 Å². The van der Waals surface area contributed by atoms with Crippen LogP contribution < -0.4 is 5.32 Å². The van der Waals surface area contributed by atoms with Crippen LogP contribution in [0.5, 0.6) is 0 Å². The normalized spacial score (nSPS) is 26.3. The van der Waals surface area contributed by atoms with Gasteiger partial charge >= 0.3 is 0 Å². The average molecular weight is 239 g/mol. The number of likely N-dealkylation sites (N-methyl/N-ethyl adjacent to an activating group) is 1. The second-order valence-corrected chi connectivity index (χ2v) is 4.77. The van der Waals surface area contributed by atoms with Gasteiger partial charge in [0.05, 0.1) is 12.6 Å². The summed E-state index contributed by atoms with van der Waals surface area (Å²) in [6, 6.07) is 0.249. The van der Waals surface area contributed by atoms with E-state index in [1.165, 1.54) is 4.80 Å². The van der Waals surface area contributed by atoms with Crippen LogP contribution in [0.4, 0.5) is 0 Å². The molecule has 1 aliphatic rings. The van der Waals surface area contributed by atoms with Crippen LogP contribution in [-0.2, 0) is 18.2 Å². The second kappa shape index (κ2) is 5.10. The smallest absolute Gasteiger partial charge is 0.176 e. The average Bonchev–Trinajstić information content (AvgIpc) is 2.88. The van der Waals surface area contributed by atoms with Gasteiger partial charge < -0.3 is 10.1 Å². The lowest BCUT2D eigenvalue weighted by molar-refractivity contribution is -0.0115. The van der Waals surface area contributed by atoms with Crippen LogP contribution in [0.3, 0.4) is 0 Å². The van der Waals surface area contributed by atoms with Gasteiger partial charge in [0.25, 0.3) is 0 Å². The minimum Gasteiger partial charge on any atom is -0.374 e. The molecule has 0 spiro atoms. The van der Waals surface area contributed by atoms with Gasteiger partial charge in [-0.25, -0.2) is 0 Å². The number of ether oxygens (including phenoxy) is 1. The first kappa shape index (κ1) is 12.4. The highest BCUT2D eigenvalue weighted by Gasteiger charge is 2.38. The Hall–Kier alpha value is -1.01. The lowest BCUT2D eigenvalue weighted by Gasteiger charge is -2.33. The first-order chi connectivity index (χ1) is 8.14. The monoisotopic (exact) mass is 239 g/mol. The summed E-state index contributed by atoms with van der Waals surface area (Å²) < 4.78 is 5.89. The van der Waals surface area contributed by atoms with Crippen molar-refractivity contribution in [1.29, 1.82) is 0 Å². The topological polar surface area (TPSA) is 64.9 Å². The van der Waals surface area contributed by atoms with Gasteiger partial charge in [-0.05, 0) is 31.5 Å². The number of hydrogen-bond acceptors (Lipinski definition) is 5. The molecule has 1 aromatic rings. The minimum absolute atomic E-state index is 0.102. The van der Waals surface area contributed by atoms with Crippen molar-refractivity contribution < 1.29 is 4.74 Å². The molecule has 0 bridgehead atoms. The highest BCUT2D eigenvalue weighted by Crippen LogP contribution is 2.29. The molecule has 0 aromatic carbocycles. The predicted octanol–water partition coefficient (Wildman–Crippen LogP) is 0.300. The van der Waals surface area contributed by atoms with E-state index in [2.05, 4.69) is 34.6 Å². The molecule has 2 heterocycles. The fourth-order valence-electron chi connectivity index (χ4n) is 2.41. The second-order valence-electron chi connectivity index (χ2n) is 4.77. The summed E-state index contributed by atoms with van der Waals surface area (Å²) in [5.74, 6) is 0.773. The van der Waals surface area contributed by atoms with Gasteiger partial charge in [0.2, 0.25) is 0 Å². The zero-order valence-corrected chi connectivity index (χ0v) is 10.8. The minimum atomic E-state index is -0.102. The molecule has 1 saturated heterocycles. The number of hydrogen-bond donors (Lipinski definition) is 1. The first-order valence-corrected chi connectivity index (χ1v) is 6.24. The molecule has 2 unspecified atom stereocenters. The fraction of sp³-hybridized carbons (Fsp3) is 0.909. The molecule has 0 aliphatic carbocycles. The molecular formula is C11H21N5O. The fourth-order valence-corrected chi connectivity index (χ4v) is 2.41. The molecule has 6 nitrogen and oxygen atoms in total. The Labute approximate surface area is 102 Å². The molecule has 0 amide bonds. The SMILES string of the molecule is CCNC(Cc1nnn(C)n1)C1(C)CCCO1. The van der Waals surface area contributed by atoms with Crippen molar-refractivity contribution in [2.75, 3.05) is 13.2 Å². The van der Waals surface area contributed by atoms with Gasteiger partial charge in [-0.2, -0.15) is 4.80 Å². The highest BCUT2D eigenvalue weighted by molar-refractivity contribution is 4.98. The Balaban J connectivity index is 2.06. The van der Waals surface area contributed by atoms with Gasteiger partial charge in [-0.1, -0.05) is 6.92 Å². The van der Waals surface area contributed by atoms with Crippen molar-refractivity contribution in [2.45, 2.75) is 44.8 Å². The van der Waals surface area contributed by atoms with Gasteiger partial charge in [-0.3, -0.25) is 0 Å². The maximum atomic E-state index is 5.89. The van der Waals surface area contributed by atoms with E-state index in [1.54, 1.807) is 7.05 Å². The Morgan fingerprint density at radius 2 is 2.41 bits per heavy atom. The molecule has 1 N–H and O–H groups in total. The highest BCUT2D eigenvalue weighted by atomic mass is 16.5. The van der Waals surface area contributed by atoms with Gasteiger partial charge in [0.1, 0.15) is 0 Å². The van der Waals surface area contributed by atoms with Crippen LogP contribution >= 0.6 is 0 Å². The van der Waals surface area contributed by atoms with Crippen LogP contribution in [0, 0.1) is 0 Å². The summed E-state index contributed by atoms with van der Waals surface area (Å²) >= 11 is 0. The van der Waals surface area contributed by atoms with E-state index in [9.17, 15) is 0 Å². The first-order valence-electron chi connectivity index (χ1n) is 6.24. The Morgan fingerprint density at radius 1 is 1.59 bits per heavy atom. The van der Waals surface area contributed by atoms with Gasteiger partial charge in [0, 0.05) is 19.1 Å². The van der Waals surface area contributed by atoms with Crippen molar-refractivity contribution >= 4 is 0 Å². The third-order valence-corrected chi connectivity index (χ3v) is 3.37. The van der Waals surface area contributed by atoms with Crippen LogP contribution in [0.2, 0.25) is 0 Å². The summed E-state index contributed by atoms with van der Waals surface area (Å²) in [4.78, 5) is 1.50. The van der Waals surface area contributed by atoms with Crippen molar-refractivity contribution in [3.63, 3.8) is 0 Å². The van der Waals surface area contributed by atoms with Gasteiger partial charge in [-0.15, -0.1) is 10.2 Å². The summed E-state index contributed by atoms with van der Waals surface area (Å²) in [6.07, 6.45) is 2.98. The Bertz CT molecular complexity index is 358. The van der Waals surface area contributed by atoms with Gasteiger partial charge in [0.15, 0.2) is 5.82 Å². The van der Waals surface area contributed by atoms with Crippen LogP contribution in [-0.4, -0.2) is 45.0 Å².